The van der Waals surface area contributed by atoms with Crippen LogP contribution in [0.3, 0.4) is 0 Å². The number of aliphatic hydroxyl groups excluding tert-OH is 2. The van der Waals surface area contributed by atoms with Gasteiger partial charge in [-0.05, 0) is 6.42 Å². The first-order valence-corrected chi connectivity index (χ1v) is 5.82. The molecule has 2 rings (SSSR count). The normalized spacial score (nSPS) is 29.5. The SMILES string of the molecule is O=c1[nH]cc([C@@H]2S[C@H](CO)C[C@H]2O)c(=O)[nH]1. The van der Waals surface area contributed by atoms with Crippen LogP contribution in [0.2, 0.25) is 0 Å². The fourth-order valence-corrected chi connectivity index (χ4v) is 3.20. The minimum atomic E-state index is -0.672. The highest BCUT2D eigenvalue weighted by atomic mass is 32.2. The van der Waals surface area contributed by atoms with Crippen LogP contribution in [-0.4, -0.2) is 38.1 Å². The fourth-order valence-electron chi connectivity index (χ4n) is 1.78. The lowest BCUT2D eigenvalue weighted by atomic mass is 10.1. The molecule has 0 spiro atoms. The topological polar surface area (TPSA) is 106 Å². The molecule has 88 valence electrons. The zero-order valence-electron chi connectivity index (χ0n) is 8.34. The van der Waals surface area contributed by atoms with Crippen molar-refractivity contribution in [3.8, 4) is 0 Å². The van der Waals surface area contributed by atoms with Crippen molar-refractivity contribution in [2.45, 2.75) is 23.0 Å². The van der Waals surface area contributed by atoms with Gasteiger partial charge in [-0.15, -0.1) is 11.8 Å². The van der Waals surface area contributed by atoms with Gasteiger partial charge in [-0.25, -0.2) is 4.79 Å². The summed E-state index contributed by atoms with van der Waals surface area (Å²) in [6.07, 6.45) is 1.10. The van der Waals surface area contributed by atoms with Crippen LogP contribution in [-0.2, 0) is 0 Å². The summed E-state index contributed by atoms with van der Waals surface area (Å²) in [5.74, 6) is 0. The Morgan fingerprint density at radius 3 is 2.81 bits per heavy atom. The average molecular weight is 244 g/mol. The van der Waals surface area contributed by atoms with Crippen LogP contribution < -0.4 is 11.2 Å². The molecule has 7 heteroatoms. The molecule has 0 unspecified atom stereocenters. The van der Waals surface area contributed by atoms with Crippen molar-refractivity contribution in [2.75, 3.05) is 6.61 Å². The van der Waals surface area contributed by atoms with Crippen molar-refractivity contribution in [3.05, 3.63) is 32.6 Å². The van der Waals surface area contributed by atoms with E-state index in [1.54, 1.807) is 0 Å². The molecule has 1 saturated heterocycles. The van der Waals surface area contributed by atoms with Gasteiger partial charge in [-0.3, -0.25) is 9.78 Å². The van der Waals surface area contributed by atoms with Crippen molar-refractivity contribution in [1.82, 2.24) is 9.97 Å². The van der Waals surface area contributed by atoms with Gasteiger partial charge in [0, 0.05) is 17.0 Å². The number of thioether (sulfide) groups is 1. The Bertz CT molecular complexity index is 483. The number of aliphatic hydroxyl groups is 2. The molecule has 2 heterocycles. The molecule has 0 aliphatic carbocycles. The van der Waals surface area contributed by atoms with E-state index in [-0.39, 0.29) is 11.9 Å². The maximum Gasteiger partial charge on any atom is 0.325 e. The van der Waals surface area contributed by atoms with Gasteiger partial charge >= 0.3 is 5.69 Å². The Labute approximate surface area is 94.7 Å². The number of rotatable bonds is 2. The molecule has 16 heavy (non-hydrogen) atoms. The molecular weight excluding hydrogens is 232 g/mol. The predicted octanol–water partition coefficient (Wildman–Crippen LogP) is -1.04. The molecule has 4 N–H and O–H groups in total. The number of nitrogens with one attached hydrogen (secondary N) is 2. The summed E-state index contributed by atoms with van der Waals surface area (Å²) >= 11 is 1.35. The Morgan fingerprint density at radius 2 is 2.25 bits per heavy atom. The summed E-state index contributed by atoms with van der Waals surface area (Å²) < 4.78 is 0. The van der Waals surface area contributed by atoms with Gasteiger partial charge in [0.25, 0.3) is 5.56 Å². The van der Waals surface area contributed by atoms with Crippen LogP contribution >= 0.6 is 11.8 Å². The predicted molar refractivity (Wildman–Crippen MR) is 59.5 cm³/mol. The van der Waals surface area contributed by atoms with Gasteiger partial charge in [0.05, 0.1) is 18.0 Å². The van der Waals surface area contributed by atoms with Gasteiger partial charge in [0.15, 0.2) is 0 Å². The third-order valence-electron chi connectivity index (χ3n) is 2.55. The Hall–Kier alpha value is -1.05. The minimum absolute atomic E-state index is 0.0283. The van der Waals surface area contributed by atoms with Gasteiger partial charge in [0.2, 0.25) is 0 Å². The zero-order valence-corrected chi connectivity index (χ0v) is 9.16. The van der Waals surface area contributed by atoms with Crippen LogP contribution in [0.1, 0.15) is 17.2 Å². The smallest absolute Gasteiger partial charge is 0.325 e. The summed E-state index contributed by atoms with van der Waals surface area (Å²) in [5.41, 5.74) is -0.711. The van der Waals surface area contributed by atoms with Crippen LogP contribution in [0.4, 0.5) is 0 Å². The van der Waals surface area contributed by atoms with Gasteiger partial charge in [-0.1, -0.05) is 0 Å². The maximum absolute atomic E-state index is 11.5. The first-order chi connectivity index (χ1) is 7.61. The highest BCUT2D eigenvalue weighted by Gasteiger charge is 2.35. The maximum atomic E-state index is 11.5. The van der Waals surface area contributed by atoms with E-state index in [1.807, 2.05) is 0 Å². The van der Waals surface area contributed by atoms with E-state index in [1.165, 1.54) is 18.0 Å². The lowest BCUT2D eigenvalue weighted by Gasteiger charge is -2.11. The molecule has 0 amide bonds. The molecule has 0 radical (unpaired) electrons. The van der Waals surface area contributed by atoms with Crippen molar-refractivity contribution < 1.29 is 10.2 Å². The van der Waals surface area contributed by atoms with Crippen molar-refractivity contribution in [2.24, 2.45) is 0 Å². The highest BCUT2D eigenvalue weighted by Crippen LogP contribution is 2.43. The minimum Gasteiger partial charge on any atom is -0.395 e. The molecule has 1 fully saturated rings. The monoisotopic (exact) mass is 244 g/mol. The Morgan fingerprint density at radius 1 is 1.50 bits per heavy atom. The molecule has 0 aromatic carbocycles. The largest absolute Gasteiger partial charge is 0.395 e. The average Bonchev–Trinajstić information content (AvgIpc) is 2.60. The summed E-state index contributed by atoms with van der Waals surface area (Å²) in [6, 6.07) is 0. The van der Waals surface area contributed by atoms with E-state index in [9.17, 15) is 14.7 Å². The van der Waals surface area contributed by atoms with E-state index in [2.05, 4.69) is 9.97 Å². The number of aromatic nitrogens is 2. The Kier molecular flexibility index (Phi) is 3.17. The number of aromatic amines is 2. The van der Waals surface area contributed by atoms with Crippen LogP contribution in [0.5, 0.6) is 0 Å². The lowest BCUT2D eigenvalue weighted by Crippen LogP contribution is -2.27. The van der Waals surface area contributed by atoms with E-state index in [4.69, 9.17) is 5.11 Å². The number of hydrogen-bond acceptors (Lipinski definition) is 5. The van der Waals surface area contributed by atoms with Gasteiger partial charge in [-0.2, -0.15) is 0 Å². The molecule has 0 saturated carbocycles. The van der Waals surface area contributed by atoms with Gasteiger partial charge in [0.1, 0.15) is 0 Å². The second-order valence-electron chi connectivity index (χ2n) is 3.69. The zero-order chi connectivity index (χ0) is 11.7. The molecule has 6 nitrogen and oxygen atoms in total. The van der Waals surface area contributed by atoms with Crippen LogP contribution in [0.15, 0.2) is 15.8 Å². The quantitative estimate of drug-likeness (QED) is 0.532. The third-order valence-corrected chi connectivity index (χ3v) is 4.14. The third kappa shape index (κ3) is 2.06. The van der Waals surface area contributed by atoms with E-state index >= 15 is 0 Å². The summed E-state index contributed by atoms with van der Waals surface area (Å²) in [4.78, 5) is 26.8. The first kappa shape index (κ1) is 11.4. The Balaban J connectivity index is 2.31. The molecule has 1 aliphatic rings. The van der Waals surface area contributed by atoms with E-state index in [0.29, 0.717) is 12.0 Å². The van der Waals surface area contributed by atoms with Crippen LogP contribution in [0, 0.1) is 0 Å². The van der Waals surface area contributed by atoms with E-state index < -0.39 is 22.6 Å². The molecule has 1 aromatic heterocycles. The summed E-state index contributed by atoms with van der Waals surface area (Å²) in [5, 5.41) is 18.3. The van der Waals surface area contributed by atoms with Crippen molar-refractivity contribution >= 4 is 11.8 Å². The summed E-state index contributed by atoms with van der Waals surface area (Å²) in [7, 11) is 0. The van der Waals surface area contributed by atoms with Gasteiger partial charge < -0.3 is 15.2 Å². The molecule has 3 atom stereocenters. The number of hydrogen-bond donors (Lipinski definition) is 4. The second-order valence-corrected chi connectivity index (χ2v) is 5.14. The highest BCUT2D eigenvalue weighted by molar-refractivity contribution is 8.00. The molecule has 0 bridgehead atoms. The van der Waals surface area contributed by atoms with E-state index in [0.717, 1.165) is 0 Å². The standard InChI is InChI=1S/C9H12N2O4S/c12-3-4-1-6(13)7(16-4)5-2-10-9(15)11-8(5)14/h2,4,6-7,12-13H,1,3H2,(H2,10,11,14,15)/t4-,6+,7-/m0/s1. The van der Waals surface area contributed by atoms with Crippen molar-refractivity contribution in [3.63, 3.8) is 0 Å². The molecule has 1 aromatic rings. The first-order valence-electron chi connectivity index (χ1n) is 4.88. The number of H-pyrrole nitrogens is 2. The summed E-state index contributed by atoms with van der Waals surface area (Å²) in [6.45, 7) is -0.0283. The molecular formula is C9H12N2O4S. The van der Waals surface area contributed by atoms with Crippen molar-refractivity contribution in [1.29, 1.82) is 0 Å². The second kappa shape index (κ2) is 4.44. The van der Waals surface area contributed by atoms with Crippen LogP contribution in [0.25, 0.3) is 0 Å². The fraction of sp³-hybridized carbons (Fsp3) is 0.556. The lowest BCUT2D eigenvalue weighted by molar-refractivity contribution is 0.161. The molecule has 1 aliphatic heterocycles.